The molecule has 0 bridgehead atoms. The van der Waals surface area contributed by atoms with Crippen molar-refractivity contribution in [3.63, 3.8) is 0 Å². The van der Waals surface area contributed by atoms with Gasteiger partial charge in [-0.25, -0.2) is 0 Å². The highest BCUT2D eigenvalue weighted by atomic mass is 32.2. The fraction of sp³-hybridized carbons (Fsp3) is 0.857. The summed E-state index contributed by atoms with van der Waals surface area (Å²) < 4.78 is 7.75. The van der Waals surface area contributed by atoms with Crippen LogP contribution >= 0.6 is 11.9 Å². The second-order valence-electron chi connectivity index (χ2n) is 2.23. The average Bonchev–Trinajstić information content (AvgIpc) is 2.10. The first-order valence-electron chi connectivity index (χ1n) is 3.96. The lowest BCUT2D eigenvalue weighted by Gasteiger charge is -2.10. The molecule has 0 rings (SSSR count). The van der Waals surface area contributed by atoms with E-state index < -0.39 is 0 Å². The van der Waals surface area contributed by atoms with E-state index in [1.807, 2.05) is 6.92 Å². The zero-order valence-electron chi connectivity index (χ0n) is 7.50. The van der Waals surface area contributed by atoms with Gasteiger partial charge >= 0.3 is 5.97 Å². The zero-order valence-corrected chi connectivity index (χ0v) is 8.32. The van der Waals surface area contributed by atoms with Crippen molar-refractivity contribution in [3.05, 3.63) is 0 Å². The van der Waals surface area contributed by atoms with Gasteiger partial charge < -0.3 is 10.5 Å². The maximum atomic E-state index is 11.1. The second kappa shape index (κ2) is 7.39. The molecule has 0 saturated heterocycles. The number of nitrogens with one attached hydrogen (secondary N) is 1. The molecule has 1 atom stereocenters. The third-order valence-corrected chi connectivity index (χ3v) is 1.93. The van der Waals surface area contributed by atoms with Crippen molar-refractivity contribution in [2.24, 2.45) is 5.73 Å². The minimum absolute atomic E-state index is 0.249. The quantitative estimate of drug-likeness (QED) is 0.463. The Morgan fingerprint density at radius 2 is 2.42 bits per heavy atom. The summed E-state index contributed by atoms with van der Waals surface area (Å²) in [5.74, 6) is 0.676. The van der Waals surface area contributed by atoms with E-state index in [1.165, 1.54) is 11.9 Å². The van der Waals surface area contributed by atoms with Crippen molar-refractivity contribution >= 4 is 17.9 Å². The Labute approximate surface area is 77.4 Å². The Bertz CT molecular complexity index is 133. The first-order chi connectivity index (χ1) is 5.72. The Balaban J connectivity index is 3.47. The largest absolute Gasteiger partial charge is 0.463 e. The Hall–Kier alpha value is -0.260. The number of hydrogen-bond donors (Lipinski definition) is 2. The minimum atomic E-state index is -0.263. The fourth-order valence-electron chi connectivity index (χ4n) is 0.541. The van der Waals surface area contributed by atoms with Gasteiger partial charge in [0.2, 0.25) is 0 Å². The van der Waals surface area contributed by atoms with Crippen LogP contribution in [0.4, 0.5) is 0 Å². The number of esters is 1. The molecule has 0 heterocycles. The summed E-state index contributed by atoms with van der Waals surface area (Å²) in [5, 5.41) is 0. The van der Waals surface area contributed by atoms with Gasteiger partial charge in [-0.05, 0) is 6.92 Å². The molecule has 0 spiro atoms. The summed E-state index contributed by atoms with van der Waals surface area (Å²) in [6, 6.07) is -0.263. The van der Waals surface area contributed by atoms with Gasteiger partial charge in [-0.1, -0.05) is 18.9 Å². The Morgan fingerprint density at radius 3 is 2.92 bits per heavy atom. The van der Waals surface area contributed by atoms with E-state index in [4.69, 9.17) is 10.5 Å². The third-order valence-electron chi connectivity index (χ3n) is 1.12. The lowest BCUT2D eigenvalue weighted by molar-refractivity contribution is -0.144. The van der Waals surface area contributed by atoms with Crippen LogP contribution in [0, 0.1) is 0 Å². The van der Waals surface area contributed by atoms with Crippen LogP contribution in [0.3, 0.4) is 0 Å². The van der Waals surface area contributed by atoms with Gasteiger partial charge in [0.1, 0.15) is 12.6 Å². The van der Waals surface area contributed by atoms with Crippen LogP contribution in [0.25, 0.3) is 0 Å². The van der Waals surface area contributed by atoms with E-state index in [-0.39, 0.29) is 12.0 Å². The van der Waals surface area contributed by atoms with Gasteiger partial charge in [-0.2, -0.15) is 0 Å². The highest BCUT2D eigenvalue weighted by molar-refractivity contribution is 7.97. The molecule has 0 fully saturated rings. The van der Waals surface area contributed by atoms with Crippen LogP contribution in [-0.2, 0) is 9.53 Å². The summed E-state index contributed by atoms with van der Waals surface area (Å²) in [5.41, 5.74) is 5.17. The predicted molar refractivity (Wildman–Crippen MR) is 50.7 cm³/mol. The first kappa shape index (κ1) is 11.7. The standard InChI is InChI=1S/C7H16N2O2S/c1-3-12-9-6(2)7(10)11-5-4-8/h6,9H,3-5,8H2,1-2H3. The molecule has 0 amide bonds. The molecule has 12 heavy (non-hydrogen) atoms. The summed E-state index contributed by atoms with van der Waals surface area (Å²) in [4.78, 5) is 11.1. The average molecular weight is 192 g/mol. The minimum Gasteiger partial charge on any atom is -0.463 e. The molecule has 72 valence electrons. The molecular weight excluding hydrogens is 176 g/mol. The van der Waals surface area contributed by atoms with Gasteiger partial charge in [0.05, 0.1) is 0 Å². The third kappa shape index (κ3) is 5.40. The lowest BCUT2D eigenvalue weighted by Crippen LogP contribution is -2.32. The molecule has 0 radical (unpaired) electrons. The number of rotatable bonds is 6. The lowest BCUT2D eigenvalue weighted by atomic mass is 10.4. The van der Waals surface area contributed by atoms with E-state index >= 15 is 0 Å². The Kier molecular flexibility index (Phi) is 7.23. The van der Waals surface area contributed by atoms with Crippen LogP contribution in [0.1, 0.15) is 13.8 Å². The summed E-state index contributed by atoms with van der Waals surface area (Å²) >= 11 is 1.50. The zero-order chi connectivity index (χ0) is 9.40. The fourth-order valence-corrected chi connectivity index (χ4v) is 1.05. The molecule has 0 aliphatic carbocycles. The van der Waals surface area contributed by atoms with E-state index in [9.17, 15) is 4.79 Å². The van der Waals surface area contributed by atoms with Gasteiger partial charge in [0.15, 0.2) is 0 Å². The van der Waals surface area contributed by atoms with Crippen molar-refractivity contribution in [3.8, 4) is 0 Å². The van der Waals surface area contributed by atoms with Gasteiger partial charge in [-0.15, -0.1) is 0 Å². The van der Waals surface area contributed by atoms with E-state index in [2.05, 4.69) is 4.72 Å². The Morgan fingerprint density at radius 1 is 1.75 bits per heavy atom. The maximum Gasteiger partial charge on any atom is 0.323 e. The van der Waals surface area contributed by atoms with Crippen molar-refractivity contribution in [2.75, 3.05) is 18.9 Å². The van der Waals surface area contributed by atoms with E-state index in [0.29, 0.717) is 13.2 Å². The molecule has 5 heteroatoms. The number of carbonyl (C=O) groups is 1. The number of ether oxygens (including phenoxy) is 1. The monoisotopic (exact) mass is 192 g/mol. The van der Waals surface area contributed by atoms with Crippen LogP contribution < -0.4 is 10.5 Å². The molecule has 0 saturated carbocycles. The molecule has 4 nitrogen and oxygen atoms in total. The maximum absolute atomic E-state index is 11.1. The van der Waals surface area contributed by atoms with Crippen molar-refractivity contribution in [1.29, 1.82) is 0 Å². The van der Waals surface area contributed by atoms with E-state index in [1.54, 1.807) is 6.92 Å². The van der Waals surface area contributed by atoms with E-state index in [0.717, 1.165) is 5.75 Å². The summed E-state index contributed by atoms with van der Waals surface area (Å²) in [6.45, 7) is 4.44. The number of nitrogens with two attached hydrogens (primary N) is 1. The van der Waals surface area contributed by atoms with Crippen LogP contribution in [0.2, 0.25) is 0 Å². The van der Waals surface area contributed by atoms with Crippen molar-refractivity contribution in [1.82, 2.24) is 4.72 Å². The summed E-state index contributed by atoms with van der Waals surface area (Å²) in [6.07, 6.45) is 0. The van der Waals surface area contributed by atoms with Crippen LogP contribution in [0.15, 0.2) is 0 Å². The van der Waals surface area contributed by atoms with Crippen molar-refractivity contribution < 1.29 is 9.53 Å². The van der Waals surface area contributed by atoms with Gasteiger partial charge in [0.25, 0.3) is 0 Å². The van der Waals surface area contributed by atoms with Crippen LogP contribution in [-0.4, -0.2) is 30.9 Å². The molecule has 0 aromatic heterocycles. The summed E-state index contributed by atoms with van der Waals surface area (Å²) in [7, 11) is 0. The molecule has 0 aromatic rings. The number of hydrogen-bond acceptors (Lipinski definition) is 5. The molecular formula is C7H16N2O2S. The molecule has 3 N–H and O–H groups in total. The highest BCUT2D eigenvalue weighted by Crippen LogP contribution is 1.96. The number of carbonyl (C=O) groups excluding carboxylic acids is 1. The van der Waals surface area contributed by atoms with Crippen molar-refractivity contribution in [2.45, 2.75) is 19.9 Å². The predicted octanol–water partition coefficient (Wildman–Crippen LogP) is 0.134. The molecule has 1 unspecified atom stereocenters. The molecule has 0 aromatic carbocycles. The van der Waals surface area contributed by atoms with Gasteiger partial charge in [0, 0.05) is 12.3 Å². The van der Waals surface area contributed by atoms with Gasteiger partial charge in [-0.3, -0.25) is 9.52 Å². The molecule has 0 aliphatic heterocycles. The molecule has 0 aliphatic rings. The smallest absolute Gasteiger partial charge is 0.323 e. The first-order valence-corrected chi connectivity index (χ1v) is 4.95. The SMILES string of the molecule is CCSNC(C)C(=O)OCCN. The normalized spacial score (nSPS) is 12.6. The second-order valence-corrected chi connectivity index (χ2v) is 3.33. The highest BCUT2D eigenvalue weighted by Gasteiger charge is 2.12. The topological polar surface area (TPSA) is 64.3 Å². The van der Waals surface area contributed by atoms with Crippen LogP contribution in [0.5, 0.6) is 0 Å².